The Labute approximate surface area is 186 Å². The number of carbonyl (C=O) groups is 1. The van der Waals surface area contributed by atoms with Crippen molar-refractivity contribution in [3.8, 4) is 0 Å². The summed E-state index contributed by atoms with van der Waals surface area (Å²) in [5.41, 5.74) is 5.99. The average Bonchev–Trinajstić information content (AvgIpc) is 3.14. The molecule has 4 heteroatoms. The van der Waals surface area contributed by atoms with Gasteiger partial charge in [-0.3, -0.25) is 4.79 Å². The number of nitrogens with zero attached hydrogens (tertiary/aromatic N) is 3. The molecule has 1 saturated heterocycles. The van der Waals surface area contributed by atoms with Crippen molar-refractivity contribution in [1.29, 1.82) is 0 Å². The van der Waals surface area contributed by atoms with Gasteiger partial charge in [0, 0.05) is 25.3 Å². The number of likely N-dealkylation sites (N-methyl/N-ethyl adjacent to an activating group) is 1. The van der Waals surface area contributed by atoms with E-state index < -0.39 is 0 Å². The number of amides is 1. The highest BCUT2D eigenvalue weighted by atomic mass is 16.2. The molecule has 1 aliphatic carbocycles. The van der Waals surface area contributed by atoms with E-state index in [-0.39, 0.29) is 5.92 Å². The zero-order valence-electron chi connectivity index (χ0n) is 19.0. The molecule has 1 atom stereocenters. The number of rotatable bonds is 5. The van der Waals surface area contributed by atoms with Crippen LogP contribution >= 0.6 is 0 Å². The van der Waals surface area contributed by atoms with E-state index in [0.29, 0.717) is 11.3 Å². The second-order valence-corrected chi connectivity index (χ2v) is 10.1. The molecule has 3 aliphatic rings. The Morgan fingerprint density at radius 3 is 2.45 bits per heavy atom. The number of fused-ring (bicyclic) bond motifs is 3. The Kier molecular flexibility index (Phi) is 5.61. The zero-order chi connectivity index (χ0) is 21.4. The van der Waals surface area contributed by atoms with Crippen molar-refractivity contribution in [1.82, 2.24) is 9.80 Å². The lowest BCUT2D eigenvalue weighted by molar-refractivity contribution is -0.123. The fourth-order valence-corrected chi connectivity index (χ4v) is 6.07. The molecular weight excluding hydrogens is 382 g/mol. The molecule has 0 radical (unpaired) electrons. The molecule has 0 bridgehead atoms. The molecule has 2 aromatic rings. The van der Waals surface area contributed by atoms with Crippen LogP contribution in [-0.4, -0.2) is 62.5 Å². The van der Waals surface area contributed by atoms with E-state index in [1.54, 1.807) is 11.1 Å². The molecule has 0 saturated carbocycles. The number of hydrogen-bond acceptors (Lipinski definition) is 3. The number of anilines is 1. The van der Waals surface area contributed by atoms with Gasteiger partial charge in [0.1, 0.15) is 0 Å². The zero-order valence-corrected chi connectivity index (χ0v) is 19.0. The van der Waals surface area contributed by atoms with Crippen molar-refractivity contribution < 1.29 is 4.79 Å². The average molecular weight is 418 g/mol. The van der Waals surface area contributed by atoms with E-state index in [2.05, 4.69) is 72.4 Å². The van der Waals surface area contributed by atoms with Crippen LogP contribution in [0.4, 0.5) is 5.69 Å². The van der Waals surface area contributed by atoms with Crippen LogP contribution < -0.4 is 4.90 Å². The fourth-order valence-electron chi connectivity index (χ4n) is 6.07. The van der Waals surface area contributed by atoms with Crippen LogP contribution in [0.15, 0.2) is 48.5 Å². The van der Waals surface area contributed by atoms with Crippen molar-refractivity contribution in [2.75, 3.05) is 51.7 Å². The lowest BCUT2D eigenvalue weighted by Crippen LogP contribution is -2.50. The standard InChI is InChI=1S/C27H35N3O/c1-28(2)17-18-30-25-10-6-4-8-22(25)19-23(26(30)31)20-29-15-13-27(14-16-29)12-11-21-7-3-5-9-24(21)27/h3-10,23H,11-20H2,1-2H3. The van der Waals surface area contributed by atoms with Gasteiger partial charge >= 0.3 is 0 Å². The second kappa shape index (κ2) is 8.40. The first-order chi connectivity index (χ1) is 15.1. The van der Waals surface area contributed by atoms with Gasteiger partial charge in [-0.05, 0) is 87.5 Å². The third kappa shape index (κ3) is 3.92. The van der Waals surface area contributed by atoms with E-state index in [1.165, 1.54) is 31.2 Å². The normalized spacial score (nSPS) is 22.7. The summed E-state index contributed by atoms with van der Waals surface area (Å²) in [7, 11) is 4.14. The highest BCUT2D eigenvalue weighted by Crippen LogP contribution is 2.46. The minimum Gasteiger partial charge on any atom is -0.311 e. The first kappa shape index (κ1) is 20.7. The molecule has 2 aromatic carbocycles. The summed E-state index contributed by atoms with van der Waals surface area (Å²) < 4.78 is 0. The van der Waals surface area contributed by atoms with E-state index in [1.807, 2.05) is 4.90 Å². The number of hydrogen-bond donors (Lipinski definition) is 0. The van der Waals surface area contributed by atoms with Gasteiger partial charge in [-0.25, -0.2) is 0 Å². The molecule has 2 heterocycles. The predicted molar refractivity (Wildman–Crippen MR) is 127 cm³/mol. The third-order valence-electron chi connectivity index (χ3n) is 7.89. The molecule has 0 aromatic heterocycles. The van der Waals surface area contributed by atoms with Crippen molar-refractivity contribution in [3.05, 3.63) is 65.2 Å². The van der Waals surface area contributed by atoms with Gasteiger partial charge in [-0.1, -0.05) is 42.5 Å². The van der Waals surface area contributed by atoms with Crippen LogP contribution in [-0.2, 0) is 23.1 Å². The van der Waals surface area contributed by atoms with Crippen molar-refractivity contribution in [2.24, 2.45) is 5.92 Å². The quantitative estimate of drug-likeness (QED) is 0.742. The molecule has 1 spiro atoms. The summed E-state index contributed by atoms with van der Waals surface area (Å²) in [6.45, 7) is 4.76. The lowest BCUT2D eigenvalue weighted by atomic mass is 9.73. The summed E-state index contributed by atoms with van der Waals surface area (Å²) in [6.07, 6.45) is 5.86. The Hall–Kier alpha value is -2.17. The summed E-state index contributed by atoms with van der Waals surface area (Å²) in [4.78, 5) is 20.2. The summed E-state index contributed by atoms with van der Waals surface area (Å²) >= 11 is 0. The molecule has 5 rings (SSSR count). The highest BCUT2D eigenvalue weighted by Gasteiger charge is 2.42. The maximum absolute atomic E-state index is 13.5. The molecule has 2 aliphatic heterocycles. The maximum Gasteiger partial charge on any atom is 0.231 e. The second-order valence-electron chi connectivity index (χ2n) is 10.1. The van der Waals surface area contributed by atoms with Gasteiger partial charge < -0.3 is 14.7 Å². The number of para-hydroxylation sites is 1. The third-order valence-corrected chi connectivity index (χ3v) is 7.89. The number of benzene rings is 2. The molecule has 31 heavy (non-hydrogen) atoms. The summed E-state index contributed by atoms with van der Waals surface area (Å²) in [5.74, 6) is 0.383. The topological polar surface area (TPSA) is 26.8 Å². The van der Waals surface area contributed by atoms with E-state index >= 15 is 0 Å². The predicted octanol–water partition coefficient (Wildman–Crippen LogP) is 3.73. The number of aryl methyl sites for hydroxylation is 1. The van der Waals surface area contributed by atoms with Crippen molar-refractivity contribution >= 4 is 11.6 Å². The van der Waals surface area contributed by atoms with Crippen LogP contribution in [0.1, 0.15) is 36.0 Å². The summed E-state index contributed by atoms with van der Waals surface area (Å²) in [6, 6.07) is 17.6. The molecule has 1 unspecified atom stereocenters. The first-order valence-corrected chi connectivity index (χ1v) is 11.9. The van der Waals surface area contributed by atoms with Crippen LogP contribution in [0.2, 0.25) is 0 Å². The van der Waals surface area contributed by atoms with Gasteiger partial charge in [-0.2, -0.15) is 0 Å². The molecular formula is C27H35N3O. The molecule has 1 fully saturated rings. The Morgan fingerprint density at radius 2 is 1.68 bits per heavy atom. The highest BCUT2D eigenvalue weighted by molar-refractivity contribution is 5.98. The van der Waals surface area contributed by atoms with E-state index in [0.717, 1.165) is 44.8 Å². The maximum atomic E-state index is 13.5. The summed E-state index contributed by atoms with van der Waals surface area (Å²) in [5, 5.41) is 0. The smallest absolute Gasteiger partial charge is 0.231 e. The SMILES string of the molecule is CN(C)CCN1C(=O)C(CN2CCC3(CCc4ccccc43)CC2)Cc2ccccc21. The fraction of sp³-hybridized carbons (Fsp3) is 0.519. The Balaban J connectivity index is 1.27. The van der Waals surface area contributed by atoms with Crippen LogP contribution in [0.5, 0.6) is 0 Å². The lowest BCUT2D eigenvalue weighted by Gasteiger charge is -2.42. The van der Waals surface area contributed by atoms with Gasteiger partial charge in [0.05, 0.1) is 5.92 Å². The van der Waals surface area contributed by atoms with Crippen LogP contribution in [0.25, 0.3) is 0 Å². The Bertz CT molecular complexity index is 945. The number of carbonyl (C=O) groups excluding carboxylic acids is 1. The van der Waals surface area contributed by atoms with Crippen molar-refractivity contribution in [3.63, 3.8) is 0 Å². The van der Waals surface area contributed by atoms with E-state index in [9.17, 15) is 4.79 Å². The molecule has 4 nitrogen and oxygen atoms in total. The van der Waals surface area contributed by atoms with Gasteiger partial charge in [0.25, 0.3) is 0 Å². The minimum absolute atomic E-state index is 0.0713. The largest absolute Gasteiger partial charge is 0.311 e. The van der Waals surface area contributed by atoms with Gasteiger partial charge in [0.2, 0.25) is 5.91 Å². The minimum atomic E-state index is 0.0713. The van der Waals surface area contributed by atoms with E-state index in [4.69, 9.17) is 0 Å². The van der Waals surface area contributed by atoms with Crippen molar-refractivity contribution in [2.45, 2.75) is 37.5 Å². The van der Waals surface area contributed by atoms with Gasteiger partial charge in [-0.15, -0.1) is 0 Å². The molecule has 1 amide bonds. The number of likely N-dealkylation sites (tertiary alicyclic amines) is 1. The van der Waals surface area contributed by atoms with Crippen LogP contribution in [0.3, 0.4) is 0 Å². The number of piperidine rings is 1. The first-order valence-electron chi connectivity index (χ1n) is 11.9. The molecule has 0 N–H and O–H groups in total. The van der Waals surface area contributed by atoms with Crippen LogP contribution in [0, 0.1) is 5.92 Å². The Morgan fingerprint density at radius 1 is 0.968 bits per heavy atom. The molecule has 164 valence electrons. The monoisotopic (exact) mass is 417 g/mol. The van der Waals surface area contributed by atoms with Gasteiger partial charge in [0.15, 0.2) is 0 Å².